The minimum Gasteiger partial charge on any atom is -0.397 e. The van der Waals surface area contributed by atoms with E-state index in [1.165, 1.54) is 11.3 Å². The van der Waals surface area contributed by atoms with Gasteiger partial charge in [-0.1, -0.05) is 6.92 Å². The summed E-state index contributed by atoms with van der Waals surface area (Å²) >= 11 is 3.32. The Kier molecular flexibility index (Phi) is 3.60. The Morgan fingerprint density at radius 1 is 1.50 bits per heavy atom. The number of thiophene rings is 1. The van der Waals surface area contributed by atoms with Crippen molar-refractivity contribution >= 4 is 44.9 Å². The van der Waals surface area contributed by atoms with Gasteiger partial charge in [0.05, 0.1) is 5.69 Å². The Morgan fingerprint density at radius 3 is 3.05 bits per heavy atom. The van der Waals surface area contributed by atoms with Crippen LogP contribution in [0.1, 0.15) is 22.3 Å². The van der Waals surface area contributed by atoms with Crippen LogP contribution in [0.25, 0.3) is 10.2 Å². The highest BCUT2D eigenvalue weighted by molar-refractivity contribution is 7.99. The third-order valence-corrected chi connectivity index (χ3v) is 5.70. The van der Waals surface area contributed by atoms with E-state index < -0.39 is 0 Å². The molecule has 6 heteroatoms. The zero-order chi connectivity index (χ0) is 14.3. The first-order chi connectivity index (χ1) is 9.56. The standard InChI is InChI=1S/C14H17N3OS2/c1-8-3-4-10-11(15)12(20-13(10)16-8)14(18)17-5-6-19-9(2)7-17/h3-4,9H,5-7,15H2,1-2H3. The first kappa shape index (κ1) is 13.7. The average molecular weight is 307 g/mol. The molecule has 1 fully saturated rings. The monoisotopic (exact) mass is 307 g/mol. The Bertz CT molecular complexity index is 668. The van der Waals surface area contributed by atoms with Crippen LogP contribution in [0.3, 0.4) is 0 Å². The molecule has 3 heterocycles. The molecule has 0 radical (unpaired) electrons. The Hall–Kier alpha value is -1.27. The lowest BCUT2D eigenvalue weighted by Crippen LogP contribution is -2.40. The molecule has 0 saturated carbocycles. The van der Waals surface area contributed by atoms with Crippen LogP contribution in [0.4, 0.5) is 5.69 Å². The summed E-state index contributed by atoms with van der Waals surface area (Å²) in [7, 11) is 0. The van der Waals surface area contributed by atoms with E-state index in [4.69, 9.17) is 5.73 Å². The number of nitrogen functional groups attached to an aromatic ring is 1. The SMILES string of the molecule is Cc1ccc2c(N)c(C(=O)N3CCSC(C)C3)sc2n1. The fourth-order valence-electron chi connectivity index (χ4n) is 2.39. The van der Waals surface area contributed by atoms with Gasteiger partial charge in [-0.05, 0) is 19.1 Å². The molecule has 1 aliphatic heterocycles. The highest BCUT2D eigenvalue weighted by Gasteiger charge is 2.26. The number of anilines is 1. The summed E-state index contributed by atoms with van der Waals surface area (Å²) in [5, 5.41) is 1.38. The zero-order valence-electron chi connectivity index (χ0n) is 11.5. The molecule has 1 unspecified atom stereocenters. The van der Waals surface area contributed by atoms with Crippen LogP contribution in [-0.4, -0.2) is 39.9 Å². The number of thioether (sulfide) groups is 1. The number of nitrogens with zero attached hydrogens (tertiary/aromatic N) is 2. The minimum atomic E-state index is 0.0512. The Balaban J connectivity index is 1.97. The quantitative estimate of drug-likeness (QED) is 0.880. The van der Waals surface area contributed by atoms with Crippen molar-refractivity contribution in [2.45, 2.75) is 19.1 Å². The maximum absolute atomic E-state index is 12.6. The number of nitrogens with two attached hydrogens (primary N) is 1. The smallest absolute Gasteiger partial charge is 0.266 e. The lowest BCUT2D eigenvalue weighted by Gasteiger charge is -2.30. The molecule has 1 atom stereocenters. The fraction of sp³-hybridized carbons (Fsp3) is 0.429. The van der Waals surface area contributed by atoms with Crippen LogP contribution in [-0.2, 0) is 0 Å². The van der Waals surface area contributed by atoms with Gasteiger partial charge in [-0.3, -0.25) is 4.79 Å². The zero-order valence-corrected chi connectivity index (χ0v) is 13.2. The first-order valence-electron chi connectivity index (χ1n) is 6.62. The minimum absolute atomic E-state index is 0.0512. The van der Waals surface area contributed by atoms with Crippen LogP contribution in [0.5, 0.6) is 0 Å². The number of rotatable bonds is 1. The molecule has 0 aromatic carbocycles. The van der Waals surface area contributed by atoms with Gasteiger partial charge < -0.3 is 10.6 Å². The second-order valence-electron chi connectivity index (χ2n) is 5.08. The lowest BCUT2D eigenvalue weighted by molar-refractivity contribution is 0.0769. The number of carbonyl (C=O) groups excluding carboxylic acids is 1. The highest BCUT2D eigenvalue weighted by atomic mass is 32.2. The molecule has 1 amide bonds. The first-order valence-corrected chi connectivity index (χ1v) is 8.49. The molecule has 0 spiro atoms. The summed E-state index contributed by atoms with van der Waals surface area (Å²) < 4.78 is 0. The van der Waals surface area contributed by atoms with Crippen LogP contribution in [0.15, 0.2) is 12.1 Å². The van der Waals surface area contributed by atoms with Crippen LogP contribution in [0.2, 0.25) is 0 Å². The fourth-order valence-corrected chi connectivity index (χ4v) is 4.52. The van der Waals surface area contributed by atoms with Gasteiger partial charge in [-0.25, -0.2) is 4.98 Å². The number of aryl methyl sites for hydroxylation is 1. The van der Waals surface area contributed by atoms with E-state index in [0.717, 1.165) is 34.8 Å². The van der Waals surface area contributed by atoms with Crippen molar-refractivity contribution in [2.75, 3.05) is 24.6 Å². The van der Waals surface area contributed by atoms with Crippen molar-refractivity contribution in [2.24, 2.45) is 0 Å². The summed E-state index contributed by atoms with van der Waals surface area (Å²) in [5.74, 6) is 1.05. The maximum atomic E-state index is 12.6. The third-order valence-electron chi connectivity index (χ3n) is 3.46. The van der Waals surface area contributed by atoms with Gasteiger partial charge in [0, 0.05) is 35.2 Å². The van der Waals surface area contributed by atoms with E-state index in [1.54, 1.807) is 0 Å². The summed E-state index contributed by atoms with van der Waals surface area (Å²) in [6.45, 7) is 5.70. The van der Waals surface area contributed by atoms with Gasteiger partial charge in [0.15, 0.2) is 0 Å². The lowest BCUT2D eigenvalue weighted by atomic mass is 10.2. The van der Waals surface area contributed by atoms with Gasteiger partial charge in [0.2, 0.25) is 0 Å². The van der Waals surface area contributed by atoms with Crippen LogP contribution >= 0.6 is 23.1 Å². The average Bonchev–Trinajstić information content (AvgIpc) is 2.74. The number of aromatic nitrogens is 1. The van der Waals surface area contributed by atoms with E-state index in [1.807, 2.05) is 35.7 Å². The molecular formula is C14H17N3OS2. The summed E-state index contributed by atoms with van der Waals surface area (Å²) in [4.78, 5) is 20.5. The van der Waals surface area contributed by atoms with Gasteiger partial charge in [0.25, 0.3) is 5.91 Å². The predicted octanol–water partition coefficient (Wildman–Crippen LogP) is 2.76. The molecule has 106 valence electrons. The molecule has 2 aromatic rings. The number of hydrogen-bond donors (Lipinski definition) is 1. The van der Waals surface area contributed by atoms with Crippen LogP contribution in [0, 0.1) is 6.92 Å². The van der Waals surface area contributed by atoms with Gasteiger partial charge in [-0.2, -0.15) is 11.8 Å². The van der Waals surface area contributed by atoms with E-state index in [2.05, 4.69) is 11.9 Å². The number of hydrogen-bond acceptors (Lipinski definition) is 5. The second kappa shape index (κ2) is 5.26. The van der Waals surface area contributed by atoms with Crippen molar-refractivity contribution < 1.29 is 4.79 Å². The molecule has 1 aliphatic rings. The maximum Gasteiger partial charge on any atom is 0.266 e. The molecule has 2 aromatic heterocycles. The van der Waals surface area contributed by atoms with E-state index >= 15 is 0 Å². The van der Waals surface area contributed by atoms with E-state index in [9.17, 15) is 4.79 Å². The number of carbonyl (C=O) groups is 1. The second-order valence-corrected chi connectivity index (χ2v) is 7.63. The summed E-state index contributed by atoms with van der Waals surface area (Å²) in [5.41, 5.74) is 7.67. The third kappa shape index (κ3) is 2.38. The Morgan fingerprint density at radius 2 is 2.30 bits per heavy atom. The molecule has 0 aliphatic carbocycles. The predicted molar refractivity (Wildman–Crippen MR) is 86.6 cm³/mol. The van der Waals surface area contributed by atoms with E-state index in [0.29, 0.717) is 15.8 Å². The van der Waals surface area contributed by atoms with Crippen molar-refractivity contribution in [1.29, 1.82) is 0 Å². The Labute approximate surface area is 126 Å². The van der Waals surface area contributed by atoms with Crippen molar-refractivity contribution in [1.82, 2.24) is 9.88 Å². The summed E-state index contributed by atoms with van der Waals surface area (Å²) in [6, 6.07) is 3.88. The van der Waals surface area contributed by atoms with Gasteiger partial charge >= 0.3 is 0 Å². The molecule has 20 heavy (non-hydrogen) atoms. The number of pyridine rings is 1. The van der Waals surface area contributed by atoms with E-state index in [-0.39, 0.29) is 5.91 Å². The highest BCUT2D eigenvalue weighted by Crippen LogP contribution is 2.34. The molecule has 4 nitrogen and oxygen atoms in total. The molecule has 1 saturated heterocycles. The van der Waals surface area contributed by atoms with Gasteiger partial charge in [-0.15, -0.1) is 11.3 Å². The topological polar surface area (TPSA) is 59.2 Å². The summed E-state index contributed by atoms with van der Waals surface area (Å²) in [6.07, 6.45) is 0. The molecular weight excluding hydrogens is 290 g/mol. The largest absolute Gasteiger partial charge is 0.397 e. The molecule has 0 bridgehead atoms. The van der Waals surface area contributed by atoms with Crippen molar-refractivity contribution in [3.63, 3.8) is 0 Å². The number of amides is 1. The van der Waals surface area contributed by atoms with Crippen LogP contribution < -0.4 is 5.73 Å². The molecule has 2 N–H and O–H groups in total. The molecule has 3 rings (SSSR count). The normalized spacial score (nSPS) is 19.5. The van der Waals surface area contributed by atoms with Gasteiger partial charge in [0.1, 0.15) is 9.71 Å². The number of fused-ring (bicyclic) bond motifs is 1. The van der Waals surface area contributed by atoms with Crippen molar-refractivity contribution in [3.05, 3.63) is 22.7 Å². The van der Waals surface area contributed by atoms with Crippen molar-refractivity contribution in [3.8, 4) is 0 Å².